The van der Waals surface area contributed by atoms with Gasteiger partial charge in [-0.2, -0.15) is 17.6 Å². The molecule has 1 nitrogen and oxygen atoms in total. The minimum absolute atomic E-state index is 0.929. The Hall–Kier alpha value is -0.320. The first-order valence-corrected chi connectivity index (χ1v) is 2.87. The molecule has 0 aliphatic carbocycles. The Morgan fingerprint density at radius 3 is 1.90 bits per heavy atom. The summed E-state index contributed by atoms with van der Waals surface area (Å²) in [6.45, 7) is 0.113. The number of hydrogen-bond acceptors (Lipinski definition) is 1. The molecule has 1 N–H and O–H groups in total. The second-order valence-corrected chi connectivity index (χ2v) is 2.43. The van der Waals surface area contributed by atoms with Crippen LogP contribution in [0.1, 0.15) is 6.92 Å². The van der Waals surface area contributed by atoms with Gasteiger partial charge in [0.05, 0.1) is 12.6 Å². The summed E-state index contributed by atoms with van der Waals surface area (Å²) in [5.74, 6) is -7.78. The highest BCUT2D eigenvalue weighted by molar-refractivity contribution is 5.00. The van der Waals surface area contributed by atoms with E-state index in [1.54, 1.807) is 0 Å². The normalized spacial score (nSPS) is 36.3. The Balaban J connectivity index is 2.84. The fourth-order valence-electron chi connectivity index (χ4n) is 0.844. The van der Waals surface area contributed by atoms with Gasteiger partial charge in [-0.05, 0) is 6.92 Å². The van der Waals surface area contributed by atoms with Gasteiger partial charge in [0.25, 0.3) is 0 Å². The van der Waals surface area contributed by atoms with E-state index >= 15 is 0 Å². The molecule has 0 spiro atoms. The van der Waals surface area contributed by atoms with Gasteiger partial charge in [-0.25, -0.2) is 0 Å². The lowest BCUT2D eigenvalue weighted by atomic mass is 10.1. The second kappa shape index (κ2) is 1.84. The minimum Gasteiger partial charge on any atom is -0.303 e. The van der Waals surface area contributed by atoms with Gasteiger partial charge in [0.15, 0.2) is 0 Å². The third-order valence-electron chi connectivity index (χ3n) is 1.66. The highest BCUT2D eigenvalue weighted by Crippen LogP contribution is 2.40. The second-order valence-electron chi connectivity index (χ2n) is 2.43. The van der Waals surface area contributed by atoms with E-state index in [9.17, 15) is 17.6 Å². The molecule has 1 heterocycles. The van der Waals surface area contributed by atoms with Crippen molar-refractivity contribution < 1.29 is 17.6 Å². The Morgan fingerprint density at radius 2 is 1.80 bits per heavy atom. The predicted octanol–water partition coefficient (Wildman–Crippen LogP) is 1.25. The molecule has 5 heteroatoms. The predicted molar refractivity (Wildman–Crippen MR) is 27.4 cm³/mol. The molecule has 0 aromatic carbocycles. The number of halogens is 4. The third-order valence-corrected chi connectivity index (χ3v) is 1.66. The van der Waals surface area contributed by atoms with Crippen molar-refractivity contribution >= 4 is 0 Å². The van der Waals surface area contributed by atoms with E-state index < -0.39 is 24.4 Å². The molecule has 1 aliphatic heterocycles. The van der Waals surface area contributed by atoms with Gasteiger partial charge in [0.2, 0.25) is 0 Å². The zero-order chi connectivity index (χ0) is 7.99. The number of hydrogen-bond donors (Lipinski definition) is 1. The SMILES string of the molecule is CC1NCC(F)(F)C1(F)F. The smallest absolute Gasteiger partial charge is 0.303 e. The van der Waals surface area contributed by atoms with E-state index in [1.807, 2.05) is 5.32 Å². The lowest BCUT2D eigenvalue weighted by Gasteiger charge is -2.19. The molecule has 0 aromatic rings. The Labute approximate surface area is 55.4 Å². The summed E-state index contributed by atoms with van der Waals surface area (Å²) in [6.07, 6.45) is 0. The van der Waals surface area contributed by atoms with E-state index in [0.717, 1.165) is 6.92 Å². The number of rotatable bonds is 0. The van der Waals surface area contributed by atoms with Crippen LogP contribution < -0.4 is 5.32 Å². The quantitative estimate of drug-likeness (QED) is 0.522. The van der Waals surface area contributed by atoms with E-state index in [1.165, 1.54) is 0 Å². The summed E-state index contributed by atoms with van der Waals surface area (Å²) >= 11 is 0. The fourth-order valence-corrected chi connectivity index (χ4v) is 0.844. The van der Waals surface area contributed by atoms with Crippen molar-refractivity contribution in [3.63, 3.8) is 0 Å². The standard InChI is InChI=1S/C5H7F4N/c1-3-5(8,9)4(6,7)2-10-3/h3,10H,2H2,1H3. The molecule has 0 amide bonds. The molecule has 1 unspecified atom stereocenters. The molecule has 10 heavy (non-hydrogen) atoms. The Bertz CT molecular complexity index is 145. The summed E-state index contributed by atoms with van der Waals surface area (Å²) in [5, 5.41) is 2.00. The summed E-state index contributed by atoms with van der Waals surface area (Å²) in [6, 6.07) is -1.43. The molecular formula is C5H7F4N. The van der Waals surface area contributed by atoms with Gasteiger partial charge in [-0.15, -0.1) is 0 Å². The molecule has 0 bridgehead atoms. The van der Waals surface area contributed by atoms with Crippen LogP contribution >= 0.6 is 0 Å². The zero-order valence-corrected chi connectivity index (χ0v) is 5.30. The lowest BCUT2D eigenvalue weighted by molar-refractivity contribution is -0.184. The third kappa shape index (κ3) is 0.801. The van der Waals surface area contributed by atoms with Gasteiger partial charge in [0, 0.05) is 0 Å². The molecular weight excluding hydrogens is 150 g/mol. The molecule has 1 aliphatic rings. The van der Waals surface area contributed by atoms with Crippen LogP contribution in [-0.2, 0) is 0 Å². The number of nitrogens with one attached hydrogen (secondary N) is 1. The van der Waals surface area contributed by atoms with Crippen LogP contribution in [0.15, 0.2) is 0 Å². The largest absolute Gasteiger partial charge is 0.326 e. The van der Waals surface area contributed by atoms with Crippen molar-refractivity contribution in [2.45, 2.75) is 24.8 Å². The van der Waals surface area contributed by atoms with Crippen LogP contribution in [0.4, 0.5) is 17.6 Å². The Kier molecular flexibility index (Phi) is 1.43. The minimum atomic E-state index is -3.90. The first-order chi connectivity index (χ1) is 4.38. The van der Waals surface area contributed by atoms with E-state index in [2.05, 4.69) is 0 Å². The van der Waals surface area contributed by atoms with Crippen molar-refractivity contribution in [1.29, 1.82) is 0 Å². The van der Waals surface area contributed by atoms with Gasteiger partial charge in [-0.1, -0.05) is 0 Å². The number of alkyl halides is 4. The lowest BCUT2D eigenvalue weighted by Crippen LogP contribution is -2.42. The van der Waals surface area contributed by atoms with Gasteiger partial charge in [-0.3, -0.25) is 0 Å². The monoisotopic (exact) mass is 157 g/mol. The molecule has 1 rings (SSSR count). The molecule has 1 fully saturated rings. The van der Waals surface area contributed by atoms with Gasteiger partial charge >= 0.3 is 11.8 Å². The summed E-state index contributed by atoms with van der Waals surface area (Å²) in [7, 11) is 0. The van der Waals surface area contributed by atoms with Crippen molar-refractivity contribution in [3.8, 4) is 0 Å². The highest BCUT2D eigenvalue weighted by atomic mass is 19.3. The average Bonchev–Trinajstić information content (AvgIpc) is 1.94. The topological polar surface area (TPSA) is 12.0 Å². The molecule has 60 valence electrons. The van der Waals surface area contributed by atoms with E-state index in [4.69, 9.17) is 0 Å². The summed E-state index contributed by atoms with van der Waals surface area (Å²) in [4.78, 5) is 0. The van der Waals surface area contributed by atoms with Crippen LogP contribution in [0.2, 0.25) is 0 Å². The van der Waals surface area contributed by atoms with Crippen LogP contribution in [-0.4, -0.2) is 24.4 Å². The molecule has 1 saturated heterocycles. The van der Waals surface area contributed by atoms with E-state index in [0.29, 0.717) is 0 Å². The summed E-state index contributed by atoms with van der Waals surface area (Å²) in [5.41, 5.74) is 0. The maximum atomic E-state index is 12.3. The molecule has 1 atom stereocenters. The first-order valence-electron chi connectivity index (χ1n) is 2.87. The molecule has 0 aromatic heterocycles. The molecule has 0 radical (unpaired) electrons. The van der Waals surface area contributed by atoms with Crippen molar-refractivity contribution in [1.82, 2.24) is 5.32 Å². The van der Waals surface area contributed by atoms with E-state index in [-0.39, 0.29) is 0 Å². The zero-order valence-electron chi connectivity index (χ0n) is 5.30. The highest BCUT2D eigenvalue weighted by Gasteiger charge is 2.63. The Morgan fingerprint density at radius 1 is 1.30 bits per heavy atom. The maximum absolute atomic E-state index is 12.3. The fraction of sp³-hybridized carbons (Fsp3) is 1.00. The van der Waals surface area contributed by atoms with Gasteiger partial charge in [0.1, 0.15) is 0 Å². The van der Waals surface area contributed by atoms with Crippen LogP contribution in [0.3, 0.4) is 0 Å². The van der Waals surface area contributed by atoms with Crippen molar-refractivity contribution in [2.75, 3.05) is 6.54 Å². The van der Waals surface area contributed by atoms with Gasteiger partial charge < -0.3 is 5.32 Å². The maximum Gasteiger partial charge on any atom is 0.326 e. The average molecular weight is 157 g/mol. The van der Waals surface area contributed by atoms with Crippen LogP contribution in [0, 0.1) is 0 Å². The molecule has 0 saturated carbocycles. The van der Waals surface area contributed by atoms with Crippen LogP contribution in [0.5, 0.6) is 0 Å². The van der Waals surface area contributed by atoms with Crippen molar-refractivity contribution in [3.05, 3.63) is 0 Å². The van der Waals surface area contributed by atoms with Crippen LogP contribution in [0.25, 0.3) is 0 Å². The summed E-state index contributed by atoms with van der Waals surface area (Å²) < 4.78 is 48.9. The van der Waals surface area contributed by atoms with Crippen molar-refractivity contribution in [2.24, 2.45) is 0 Å². The first kappa shape index (κ1) is 7.78.